The lowest BCUT2D eigenvalue weighted by molar-refractivity contribution is -0.135. The van der Waals surface area contributed by atoms with Crippen LogP contribution in [-0.4, -0.2) is 29.9 Å². The summed E-state index contributed by atoms with van der Waals surface area (Å²) in [4.78, 5) is 28.1. The average Bonchev–Trinajstić information content (AvgIpc) is 3.12. The molecule has 1 saturated heterocycles. The molecule has 7 heteroatoms. The molecule has 2 aliphatic heterocycles. The van der Waals surface area contributed by atoms with Gasteiger partial charge in [-0.3, -0.25) is 14.6 Å². The number of hydrogen-bond donors (Lipinski definition) is 2. The van der Waals surface area contributed by atoms with Gasteiger partial charge in [-0.15, -0.1) is 0 Å². The number of halogens is 1. The largest absolute Gasteiger partial charge is 0.366 e. The maximum Gasteiger partial charge on any atom is 0.245 e. The van der Waals surface area contributed by atoms with Crippen molar-refractivity contribution < 1.29 is 14.0 Å². The molecule has 2 aliphatic rings. The number of amides is 2. The quantitative estimate of drug-likeness (QED) is 0.604. The van der Waals surface area contributed by atoms with Crippen LogP contribution in [0, 0.1) is 25.6 Å². The zero-order chi connectivity index (χ0) is 23.8. The Morgan fingerprint density at radius 2 is 1.85 bits per heavy atom. The highest BCUT2D eigenvalue weighted by atomic mass is 19.1. The highest BCUT2D eigenvalue weighted by Gasteiger charge is 2.46. The first kappa shape index (κ1) is 22.1. The number of anilines is 2. The molecule has 2 unspecified atom stereocenters. The molecule has 3 aromatic carbocycles. The molecule has 3 aromatic rings. The molecule has 2 N–H and O–H groups in total. The van der Waals surface area contributed by atoms with E-state index in [1.165, 1.54) is 17.1 Å². The van der Waals surface area contributed by atoms with Gasteiger partial charge in [0.15, 0.2) is 0 Å². The fraction of sp³-hybridized carbons (Fsp3) is 0.259. The molecule has 0 spiro atoms. The van der Waals surface area contributed by atoms with E-state index in [-0.39, 0.29) is 30.2 Å². The van der Waals surface area contributed by atoms with E-state index in [9.17, 15) is 14.0 Å². The summed E-state index contributed by atoms with van der Waals surface area (Å²) >= 11 is 0. The summed E-state index contributed by atoms with van der Waals surface area (Å²) in [6.45, 7) is 4.97. The molecule has 2 heterocycles. The third-order valence-electron chi connectivity index (χ3n) is 6.67. The number of benzene rings is 3. The number of carbonyl (C=O) groups excluding carboxylic acids is 2. The number of carbonyl (C=O) groups is 2. The fourth-order valence-corrected chi connectivity index (χ4v) is 4.77. The second-order valence-electron chi connectivity index (χ2n) is 9.05. The lowest BCUT2D eigenvalue weighted by atomic mass is 9.88. The Morgan fingerprint density at radius 1 is 1.06 bits per heavy atom. The second kappa shape index (κ2) is 8.91. The van der Waals surface area contributed by atoms with Crippen molar-refractivity contribution in [2.45, 2.75) is 26.4 Å². The van der Waals surface area contributed by atoms with E-state index >= 15 is 0 Å². The second-order valence-corrected chi connectivity index (χ2v) is 9.05. The molecule has 5 rings (SSSR count). The van der Waals surface area contributed by atoms with Gasteiger partial charge in [0.1, 0.15) is 12.4 Å². The van der Waals surface area contributed by atoms with Gasteiger partial charge >= 0.3 is 0 Å². The maximum absolute atomic E-state index is 14.2. The van der Waals surface area contributed by atoms with E-state index in [2.05, 4.69) is 15.6 Å². The Labute approximate surface area is 198 Å². The zero-order valence-corrected chi connectivity index (χ0v) is 19.2. The minimum Gasteiger partial charge on any atom is -0.366 e. The van der Waals surface area contributed by atoms with Crippen molar-refractivity contribution in [1.29, 1.82) is 0 Å². The highest BCUT2D eigenvalue weighted by molar-refractivity contribution is 5.95. The summed E-state index contributed by atoms with van der Waals surface area (Å²) in [5, 5.41) is 4.23. The molecule has 34 heavy (non-hydrogen) atoms. The van der Waals surface area contributed by atoms with Crippen molar-refractivity contribution in [2.75, 3.05) is 23.3 Å². The van der Waals surface area contributed by atoms with Crippen molar-refractivity contribution in [3.8, 4) is 0 Å². The van der Waals surface area contributed by atoms with Gasteiger partial charge in [0.05, 0.1) is 12.0 Å². The summed E-state index contributed by atoms with van der Waals surface area (Å²) in [5.41, 5.74) is 8.83. The highest BCUT2D eigenvalue weighted by Crippen LogP contribution is 2.42. The average molecular weight is 459 g/mol. The predicted octanol–water partition coefficient (Wildman–Crippen LogP) is 4.11. The molecule has 174 valence electrons. The summed E-state index contributed by atoms with van der Waals surface area (Å²) in [7, 11) is 0. The minimum atomic E-state index is -0.410. The van der Waals surface area contributed by atoms with E-state index in [0.29, 0.717) is 18.8 Å². The van der Waals surface area contributed by atoms with Gasteiger partial charge in [-0.25, -0.2) is 9.82 Å². The lowest BCUT2D eigenvalue weighted by Crippen LogP contribution is -2.41. The number of hydrogen-bond acceptors (Lipinski definition) is 4. The summed E-state index contributed by atoms with van der Waals surface area (Å²) in [5.74, 6) is -1.21. The Morgan fingerprint density at radius 3 is 2.62 bits per heavy atom. The lowest BCUT2D eigenvalue weighted by Gasteiger charge is -2.36. The number of fused-ring (bicyclic) bond motifs is 3. The van der Waals surface area contributed by atoms with Crippen LogP contribution in [0.3, 0.4) is 0 Å². The van der Waals surface area contributed by atoms with Gasteiger partial charge in [0.2, 0.25) is 11.8 Å². The Bertz CT molecular complexity index is 1250. The normalized spacial score (nSPS) is 19.1. The Kier molecular flexibility index (Phi) is 5.79. The van der Waals surface area contributed by atoms with Crippen molar-refractivity contribution in [1.82, 2.24) is 10.4 Å². The third kappa shape index (κ3) is 4.26. The SMILES string of the molecule is Cc1ccc(NC(=O)CN2NC3c4cc(F)ccc4N(Cc4ccccc4)CC3C2=O)cc1C. The van der Waals surface area contributed by atoms with Gasteiger partial charge in [-0.05, 0) is 66.4 Å². The molecule has 2 amide bonds. The van der Waals surface area contributed by atoms with E-state index in [0.717, 1.165) is 27.9 Å². The molecule has 2 atom stereocenters. The fourth-order valence-electron chi connectivity index (χ4n) is 4.77. The predicted molar refractivity (Wildman–Crippen MR) is 130 cm³/mol. The summed E-state index contributed by atoms with van der Waals surface area (Å²) in [6.07, 6.45) is 0. The Balaban J connectivity index is 1.35. The molecular weight excluding hydrogens is 431 g/mol. The Hall–Kier alpha value is -3.71. The third-order valence-corrected chi connectivity index (χ3v) is 6.67. The van der Waals surface area contributed by atoms with E-state index in [4.69, 9.17) is 0 Å². The van der Waals surface area contributed by atoms with Gasteiger partial charge in [0.25, 0.3) is 0 Å². The van der Waals surface area contributed by atoms with Crippen LogP contribution in [-0.2, 0) is 16.1 Å². The van der Waals surface area contributed by atoms with Gasteiger partial charge in [0, 0.05) is 24.5 Å². The molecule has 0 radical (unpaired) electrons. The molecule has 0 bridgehead atoms. The van der Waals surface area contributed by atoms with E-state index in [1.807, 2.05) is 62.4 Å². The summed E-state index contributed by atoms with van der Waals surface area (Å²) in [6, 6.07) is 20.0. The first-order chi connectivity index (χ1) is 16.4. The molecule has 6 nitrogen and oxygen atoms in total. The van der Waals surface area contributed by atoms with Gasteiger partial charge < -0.3 is 10.2 Å². The summed E-state index contributed by atoms with van der Waals surface area (Å²) < 4.78 is 14.2. The van der Waals surface area contributed by atoms with Crippen LogP contribution in [0.25, 0.3) is 0 Å². The van der Waals surface area contributed by atoms with Gasteiger partial charge in [-0.1, -0.05) is 36.4 Å². The zero-order valence-electron chi connectivity index (χ0n) is 19.2. The van der Waals surface area contributed by atoms with Crippen molar-refractivity contribution >= 4 is 23.2 Å². The minimum absolute atomic E-state index is 0.123. The van der Waals surface area contributed by atoms with Crippen LogP contribution in [0.1, 0.15) is 28.3 Å². The van der Waals surface area contributed by atoms with Crippen molar-refractivity contribution in [3.05, 3.63) is 94.8 Å². The van der Waals surface area contributed by atoms with E-state index in [1.54, 1.807) is 6.07 Å². The molecular formula is C27H27FN4O2. The molecule has 1 fully saturated rings. The van der Waals surface area contributed by atoms with Crippen LogP contribution in [0.15, 0.2) is 66.7 Å². The number of nitrogens with zero attached hydrogens (tertiary/aromatic N) is 2. The first-order valence-electron chi connectivity index (χ1n) is 11.4. The first-order valence-corrected chi connectivity index (χ1v) is 11.4. The van der Waals surface area contributed by atoms with Crippen LogP contribution in [0.2, 0.25) is 0 Å². The standard InChI is InChI=1S/C27H27FN4O2/c1-17-8-10-21(12-18(17)2)29-25(33)16-32-27(34)23-15-31(14-19-6-4-3-5-7-19)24-11-9-20(28)13-22(24)26(23)30-32/h3-13,23,26,30H,14-16H2,1-2H3,(H,29,33). The number of hydrazine groups is 1. The van der Waals surface area contributed by atoms with Crippen LogP contribution >= 0.6 is 0 Å². The number of nitrogens with one attached hydrogen (secondary N) is 2. The topological polar surface area (TPSA) is 64.7 Å². The van der Waals surface area contributed by atoms with Gasteiger partial charge in [-0.2, -0.15) is 0 Å². The molecule has 0 saturated carbocycles. The van der Waals surface area contributed by atoms with Crippen LogP contribution in [0.5, 0.6) is 0 Å². The maximum atomic E-state index is 14.2. The van der Waals surface area contributed by atoms with Crippen molar-refractivity contribution in [2.24, 2.45) is 5.92 Å². The molecule has 0 aliphatic carbocycles. The van der Waals surface area contributed by atoms with Crippen molar-refractivity contribution in [3.63, 3.8) is 0 Å². The smallest absolute Gasteiger partial charge is 0.245 e. The number of aryl methyl sites for hydroxylation is 2. The van der Waals surface area contributed by atoms with E-state index < -0.39 is 5.92 Å². The monoisotopic (exact) mass is 458 g/mol. The molecule has 0 aromatic heterocycles. The number of rotatable bonds is 5. The van der Waals surface area contributed by atoms with Crippen LogP contribution in [0.4, 0.5) is 15.8 Å². The van der Waals surface area contributed by atoms with Crippen LogP contribution < -0.4 is 15.6 Å².